The van der Waals surface area contributed by atoms with Gasteiger partial charge in [-0.15, -0.1) is 0 Å². The first kappa shape index (κ1) is 105. The van der Waals surface area contributed by atoms with Crippen molar-refractivity contribution in [2.75, 3.05) is 0 Å². The highest BCUT2D eigenvalue weighted by Crippen LogP contribution is 2.64. The molecule has 5 nitrogen and oxygen atoms in total. The van der Waals surface area contributed by atoms with Crippen LogP contribution in [0.5, 0.6) is 0 Å². The lowest BCUT2D eigenvalue weighted by atomic mass is 9.75. The van der Waals surface area contributed by atoms with Crippen LogP contribution in [0.2, 0.25) is 65.5 Å². The lowest BCUT2D eigenvalue weighted by Crippen LogP contribution is -2.24. The molecule has 3 aliphatic rings. The minimum Gasteiger partial charge on any atom is -0.394 e. The Labute approximate surface area is 742 Å². The van der Waals surface area contributed by atoms with Crippen LogP contribution in [-0.2, 0) is 81.5 Å². The van der Waals surface area contributed by atoms with Crippen molar-refractivity contribution in [2.24, 2.45) is 35.0 Å². The van der Waals surface area contributed by atoms with Gasteiger partial charge in [-0.25, -0.2) is 0 Å². The first-order valence-electron chi connectivity index (χ1n) is 44.6. The Kier molecular flexibility index (Phi) is 48.8. The molecule has 13 rings (SSSR count). The highest BCUT2D eigenvalue weighted by atomic mass is 29.2. The van der Waals surface area contributed by atoms with E-state index in [1.165, 1.54) is 133 Å². The summed E-state index contributed by atoms with van der Waals surface area (Å²) in [6.07, 6.45) is 15.0. The number of hydrogen-bond donors (Lipinski definition) is 0. The molecule has 0 N–H and O–H groups in total. The van der Waals surface area contributed by atoms with Crippen LogP contribution in [0.3, 0.4) is 0 Å². The van der Waals surface area contributed by atoms with Gasteiger partial charge in [-0.05, 0) is 221 Å². The Morgan fingerprint density at radius 3 is 0.950 bits per heavy atom. The van der Waals surface area contributed by atoms with Gasteiger partial charge >= 0.3 is 0 Å². The summed E-state index contributed by atoms with van der Waals surface area (Å²) in [5.41, 5.74) is 16.7. The van der Waals surface area contributed by atoms with Crippen molar-refractivity contribution in [3.63, 3.8) is 0 Å². The summed E-state index contributed by atoms with van der Waals surface area (Å²) < 4.78 is 50.3. The average Bonchev–Trinajstić information content (AvgIpc) is 1.56. The first-order chi connectivity index (χ1) is 56.6. The summed E-state index contributed by atoms with van der Waals surface area (Å²) in [7, 11) is -5.45. The number of hydrogen-bond acceptors (Lipinski definition) is 5. The minimum atomic E-state index is -0.985. The van der Waals surface area contributed by atoms with E-state index in [9.17, 15) is 22.3 Å². The highest BCUT2D eigenvalue weighted by molar-refractivity contribution is 7.04. The van der Waals surface area contributed by atoms with Gasteiger partial charge in [-0.1, -0.05) is 419 Å². The largest absolute Gasteiger partial charge is 0.394 e. The van der Waals surface area contributed by atoms with Gasteiger partial charge in [0.15, 0.2) is 0 Å². The molecule has 8 unspecified atom stereocenters. The van der Waals surface area contributed by atoms with Crippen molar-refractivity contribution in [3.8, 4) is 0 Å². The number of rotatable bonds is 27. The predicted octanol–water partition coefficient (Wildman–Crippen LogP) is 23.7. The van der Waals surface area contributed by atoms with Crippen LogP contribution in [0.15, 0.2) is 303 Å². The molecule has 15 heteroatoms. The van der Waals surface area contributed by atoms with Gasteiger partial charge < -0.3 is 22.3 Å². The lowest BCUT2D eigenvalue weighted by molar-refractivity contribution is 0.282. The molecule has 3 fully saturated rings. The molecule has 3 aliphatic carbocycles. The zero-order chi connectivity index (χ0) is 87.9. The van der Waals surface area contributed by atoms with Crippen molar-refractivity contribution in [1.29, 1.82) is 0 Å². The van der Waals surface area contributed by atoms with E-state index < -0.39 is 41.0 Å². The highest BCUT2D eigenvalue weighted by Gasteiger charge is 2.59. The van der Waals surface area contributed by atoms with E-state index in [0.29, 0.717) is 21.7 Å². The van der Waals surface area contributed by atoms with Crippen LogP contribution < -0.4 is 0 Å². The molecule has 0 bridgehead atoms. The Morgan fingerprint density at radius 2 is 0.605 bits per heavy atom. The van der Waals surface area contributed by atoms with Crippen LogP contribution in [0.1, 0.15) is 177 Å². The fourth-order valence-electron chi connectivity index (χ4n) is 15.8. The topological polar surface area (TPSA) is 85.3 Å². The minimum absolute atomic E-state index is 0.105. The predicted molar refractivity (Wildman–Crippen MR) is 540 cm³/mol. The van der Waals surface area contributed by atoms with Gasteiger partial charge in [-0.3, -0.25) is 0 Å². The number of aryl methyl sites for hydroxylation is 2. The zero-order valence-corrected chi connectivity index (χ0v) is 89.4. The maximum absolute atomic E-state index is 10.1. The van der Waals surface area contributed by atoms with Crippen molar-refractivity contribution in [2.45, 2.75) is 246 Å². The van der Waals surface area contributed by atoms with Gasteiger partial charge in [0.05, 0.1) is 45.2 Å². The Balaban J connectivity index is 0.000000291. The van der Waals surface area contributed by atoms with Gasteiger partial charge in [0.2, 0.25) is 41.0 Å². The van der Waals surface area contributed by atoms with Crippen LogP contribution in [0, 0.1) is 35.0 Å². The van der Waals surface area contributed by atoms with E-state index in [-0.39, 0.29) is 56.0 Å². The molecule has 3 saturated carbocycles. The molecule has 0 aromatic heterocycles. The van der Waals surface area contributed by atoms with Crippen LogP contribution in [0.25, 0.3) is 0 Å². The normalized spacial score (nSPS) is 18.4. The zero-order valence-electron chi connectivity index (χ0n) is 77.3. The van der Waals surface area contributed by atoms with Crippen molar-refractivity contribution < 1.29 is 22.3 Å². The van der Waals surface area contributed by atoms with Crippen molar-refractivity contribution in [3.05, 3.63) is 359 Å². The quantitative estimate of drug-likeness (QED) is 0.0479. The smallest absolute Gasteiger partial charge is 0.245 e. The average molecular weight is 1760 g/mol. The molecule has 0 saturated heterocycles. The third-order valence-electron chi connectivity index (χ3n) is 24.6. The molecule has 119 heavy (non-hydrogen) atoms. The molecular formula is C104H152O5Si10. The maximum atomic E-state index is 10.1. The Morgan fingerprint density at radius 1 is 0.336 bits per heavy atom. The van der Waals surface area contributed by atoms with E-state index in [0.717, 1.165) is 29.6 Å². The van der Waals surface area contributed by atoms with Gasteiger partial charge in [-0.2, -0.15) is 0 Å². The molecule has 0 aliphatic heterocycles. The number of benzene rings is 10. The molecule has 10 aromatic carbocycles. The summed E-state index contributed by atoms with van der Waals surface area (Å²) in [5.74, 6) is 3.86. The van der Waals surface area contributed by atoms with Gasteiger partial charge in [0.25, 0.3) is 0 Å². The molecular weight excluding hydrogens is 1610 g/mol. The van der Waals surface area contributed by atoms with E-state index in [4.69, 9.17) is 0 Å². The first-order valence-corrected chi connectivity index (χ1v) is 72.9. The molecule has 0 heterocycles. The standard InChI is InChI=1S/C20H24.2C19H22.2C18H22.5C2H8OSi2/c1-19(2,14-16-10-6-4-7-11-16)18-15-20(18,3)17-12-8-5-9-13-17;1-18(2,15-10-6-4-7-11-15)17-14-19(17,3)16-12-8-5-9-13-16;1-15(13-16-9-5-3-6-10-16)18-14-19(18,2)17-11-7-4-8-12-17;1-18(2,17-13-7-4-8-14-17)15-9-12-16-10-5-3-6-11-16;1-16(15-18-12-6-3-7-13-18)9-8-14-17-10-4-2-5-11-17;5*1-4-5(2)3/h4-13,18H,14-15H2,1-3H3;4-13,17H,14H2,1-3H3;3-12,15,18H,13-14H2,1-2H3;3-8,10-11,13-14H,9,12,15H2,1-2H3;2-7,10-13,16H,8-9,14-15H2,1H3;5*4H2,1-2H3. The molecule has 0 radical (unpaired) electrons. The van der Waals surface area contributed by atoms with E-state index in [2.05, 4.69) is 412 Å². The fraction of sp³-hybridized carbons (Fsp3) is 0.423. The SMILES string of the molecule is CC(C)(CCCc1ccccc1)c1ccccc1.CC(C)(Cc1ccccc1)C1CC1(C)c1ccccc1.CC(C)(c1ccccc1)C1CC1(C)c1ccccc1.CC(CCCc1ccccc1)Cc1ccccc1.CC(Cc1ccccc1)C1CC1(C)c1ccccc1.C[SiH2][Si](C)=O.C[SiH2][Si](C)=O.C[SiH2][Si](C)=O.C[SiH2][Si](C)=O.C[SiH2][Si](C)=O. The second kappa shape index (κ2) is 55.5. The molecule has 10 aromatic rings. The second-order valence-electron chi connectivity index (χ2n) is 36.1. The maximum Gasteiger partial charge on any atom is 0.245 e. The van der Waals surface area contributed by atoms with Crippen LogP contribution >= 0.6 is 0 Å². The third kappa shape index (κ3) is 40.1. The lowest BCUT2D eigenvalue weighted by Gasteiger charge is -2.28. The third-order valence-corrected chi connectivity index (χ3v) is 44.5. The Bertz CT molecular complexity index is 4340. The summed E-state index contributed by atoms with van der Waals surface area (Å²) >= 11 is 0. The summed E-state index contributed by atoms with van der Waals surface area (Å²) in [6, 6.07) is 109. The van der Waals surface area contributed by atoms with Crippen LogP contribution in [0.4, 0.5) is 0 Å². The fourth-order valence-corrected chi connectivity index (χ4v) is 15.8. The van der Waals surface area contributed by atoms with E-state index in [1.54, 1.807) is 0 Å². The molecule has 0 amide bonds. The van der Waals surface area contributed by atoms with Crippen molar-refractivity contribution in [1.82, 2.24) is 0 Å². The summed E-state index contributed by atoms with van der Waals surface area (Å²) in [6.45, 7) is 45.9. The monoisotopic (exact) mass is 1760 g/mol. The van der Waals surface area contributed by atoms with E-state index >= 15 is 0 Å². The summed E-state index contributed by atoms with van der Waals surface area (Å²) in [4.78, 5) is 0. The van der Waals surface area contributed by atoms with Gasteiger partial charge in [0, 0.05) is 0 Å². The van der Waals surface area contributed by atoms with Gasteiger partial charge in [0.1, 0.15) is 0 Å². The van der Waals surface area contributed by atoms with Crippen molar-refractivity contribution >= 4 is 86.2 Å². The molecule has 0 spiro atoms. The summed E-state index contributed by atoms with van der Waals surface area (Å²) in [5, 5.41) is 0. The second-order valence-corrected chi connectivity index (χ2v) is 72.2. The molecule has 638 valence electrons. The van der Waals surface area contributed by atoms with E-state index in [1.807, 2.05) is 32.7 Å². The molecule has 8 atom stereocenters. The Hall–Kier alpha value is -6.63. The van der Waals surface area contributed by atoms with Crippen LogP contribution in [-0.4, -0.2) is 86.2 Å².